The maximum Gasteiger partial charge on any atom is 0.306 e. The third-order valence-corrected chi connectivity index (χ3v) is 12.6. The molecule has 13 nitrogen and oxygen atoms in total. The molecule has 3 aliphatic heterocycles. The maximum absolute atomic E-state index is 14.5. The van der Waals surface area contributed by atoms with Crippen LogP contribution in [0.3, 0.4) is 0 Å². The summed E-state index contributed by atoms with van der Waals surface area (Å²) < 4.78 is 53.9. The molecule has 2 unspecified atom stereocenters. The van der Waals surface area contributed by atoms with E-state index in [1.807, 2.05) is 30.3 Å². The Morgan fingerprint density at radius 1 is 0.980 bits per heavy atom. The Morgan fingerprint density at radius 3 is 2.51 bits per heavy atom. The molecular formula is C37H50N2O11S. The van der Waals surface area contributed by atoms with Crippen LogP contribution in [0.15, 0.2) is 53.4 Å². The SMILES string of the molecule is CON(OC)C(=O)c1ccc2c(c1)COCCCCCCCN(C[C@@H](O)[C@@H](CC(=O)O[C@H]1C3CO[C@H]4OC[C@@H]1C4C3)Cc1ccccc1)S2(=O)=O. The largest absolute Gasteiger partial charge is 0.462 e. The zero-order valence-corrected chi connectivity index (χ0v) is 30.2. The van der Waals surface area contributed by atoms with E-state index in [1.165, 1.54) is 36.7 Å². The van der Waals surface area contributed by atoms with Crippen molar-refractivity contribution in [2.45, 2.75) is 81.4 Å². The molecule has 2 saturated heterocycles. The van der Waals surface area contributed by atoms with E-state index in [4.69, 9.17) is 28.6 Å². The van der Waals surface area contributed by atoms with Gasteiger partial charge in [-0.2, -0.15) is 4.31 Å². The molecule has 280 valence electrons. The molecule has 0 spiro atoms. The van der Waals surface area contributed by atoms with Gasteiger partial charge in [0.2, 0.25) is 10.0 Å². The van der Waals surface area contributed by atoms with E-state index in [-0.39, 0.29) is 66.7 Å². The first kappa shape index (κ1) is 37.8. The topological polar surface area (TPSA) is 150 Å². The minimum absolute atomic E-state index is 0.0162. The second kappa shape index (κ2) is 17.3. The van der Waals surface area contributed by atoms with Gasteiger partial charge < -0.3 is 24.1 Å². The summed E-state index contributed by atoms with van der Waals surface area (Å²) in [6.45, 7) is 1.34. The number of hydroxylamine groups is 2. The standard InChI is InChI=1S/C37H50N2O11S/c1-45-39(46-2)36(42)26-13-14-33-28(18-26)22-47-16-10-5-3-4-9-15-38(51(33,43)44)21-32(40)27(17-25-11-7-6-8-12-25)20-34(41)50-35-29-19-30-31(35)24-49-37(30)48-23-29/h6-8,11-14,18,27,29-32,35,37,40H,3-5,9-10,15-17,19-24H2,1-2H3/t27-,29?,30?,31-,32-,35+,37+/m1/s1. The van der Waals surface area contributed by atoms with Crippen LogP contribution in [-0.4, -0.2) is 101 Å². The molecule has 0 radical (unpaired) electrons. The molecule has 0 aromatic heterocycles. The fraction of sp³-hybridized carbons (Fsp3) is 0.622. The second-order valence-electron chi connectivity index (χ2n) is 14.0. The van der Waals surface area contributed by atoms with Crippen LogP contribution >= 0.6 is 0 Å². The van der Waals surface area contributed by atoms with Crippen LogP contribution in [0.25, 0.3) is 0 Å². The number of aliphatic hydroxyl groups is 1. The fourth-order valence-corrected chi connectivity index (χ4v) is 9.64. The molecule has 1 saturated carbocycles. The molecular weight excluding hydrogens is 680 g/mol. The number of benzene rings is 2. The smallest absolute Gasteiger partial charge is 0.306 e. The Kier molecular flexibility index (Phi) is 12.8. The van der Waals surface area contributed by atoms with Gasteiger partial charge in [0.15, 0.2) is 6.29 Å². The Morgan fingerprint density at radius 2 is 1.73 bits per heavy atom. The average Bonchev–Trinajstić information content (AvgIpc) is 3.67. The van der Waals surface area contributed by atoms with Crippen molar-refractivity contribution < 1.29 is 51.7 Å². The minimum Gasteiger partial charge on any atom is -0.462 e. The minimum atomic E-state index is -4.20. The number of carbonyl (C=O) groups excluding carboxylic acids is 2. The van der Waals surface area contributed by atoms with Crippen LogP contribution in [0.1, 0.15) is 66.4 Å². The van der Waals surface area contributed by atoms with E-state index in [0.717, 1.165) is 37.7 Å². The van der Waals surface area contributed by atoms with Crippen molar-refractivity contribution in [3.63, 3.8) is 0 Å². The third kappa shape index (κ3) is 8.82. The van der Waals surface area contributed by atoms with Crippen LogP contribution in [0.5, 0.6) is 0 Å². The molecule has 1 N–H and O–H groups in total. The lowest BCUT2D eigenvalue weighted by molar-refractivity contribution is -0.299. The number of hydrogen-bond acceptors (Lipinski definition) is 11. The molecule has 14 heteroatoms. The highest BCUT2D eigenvalue weighted by molar-refractivity contribution is 7.89. The normalized spacial score (nSPS) is 27.6. The summed E-state index contributed by atoms with van der Waals surface area (Å²) in [5, 5.41) is 12.6. The lowest BCUT2D eigenvalue weighted by Crippen LogP contribution is -2.42. The number of fused-ring (bicyclic) bond motifs is 2. The zero-order chi connectivity index (χ0) is 36.0. The molecule has 4 aliphatic rings. The summed E-state index contributed by atoms with van der Waals surface area (Å²) in [5.41, 5.74) is 1.38. The molecule has 51 heavy (non-hydrogen) atoms. The van der Waals surface area contributed by atoms with E-state index < -0.39 is 33.9 Å². The molecule has 1 amide bonds. The number of nitrogens with zero attached hydrogens (tertiary/aromatic N) is 2. The first-order valence-corrected chi connectivity index (χ1v) is 19.4. The predicted molar refractivity (Wildman–Crippen MR) is 183 cm³/mol. The number of sulfonamides is 1. The summed E-state index contributed by atoms with van der Waals surface area (Å²) >= 11 is 0. The lowest BCUT2D eigenvalue weighted by Gasteiger charge is -2.31. The Bertz CT molecular complexity index is 1590. The fourth-order valence-electron chi connectivity index (χ4n) is 7.96. The molecule has 6 rings (SSSR count). The monoisotopic (exact) mass is 730 g/mol. The van der Waals surface area contributed by atoms with Gasteiger partial charge in [-0.3, -0.25) is 9.59 Å². The molecule has 2 aromatic carbocycles. The Balaban J connectivity index is 1.24. The maximum atomic E-state index is 14.5. The van der Waals surface area contributed by atoms with Crippen LogP contribution in [0.2, 0.25) is 0 Å². The van der Waals surface area contributed by atoms with Crippen molar-refractivity contribution in [1.82, 2.24) is 9.53 Å². The number of hydrogen-bond donors (Lipinski definition) is 1. The van der Waals surface area contributed by atoms with Crippen molar-refractivity contribution in [3.05, 3.63) is 65.2 Å². The van der Waals surface area contributed by atoms with Gasteiger partial charge in [-0.25, -0.2) is 18.1 Å². The number of amides is 1. The van der Waals surface area contributed by atoms with Gasteiger partial charge in [0, 0.05) is 48.9 Å². The average molecular weight is 731 g/mol. The van der Waals surface area contributed by atoms with E-state index in [1.54, 1.807) is 0 Å². The highest BCUT2D eigenvalue weighted by Crippen LogP contribution is 2.49. The van der Waals surface area contributed by atoms with Crippen LogP contribution in [0.4, 0.5) is 0 Å². The van der Waals surface area contributed by atoms with Crippen molar-refractivity contribution in [3.8, 4) is 0 Å². The highest BCUT2D eigenvalue weighted by atomic mass is 32.2. The van der Waals surface area contributed by atoms with E-state index in [9.17, 15) is 23.1 Å². The van der Waals surface area contributed by atoms with Crippen LogP contribution < -0.4 is 0 Å². The number of β-amino-alcohol motifs (C(OH)–C–C–N with tert-alkyl or cyclic N) is 1. The van der Waals surface area contributed by atoms with Gasteiger partial charge in [-0.1, -0.05) is 54.8 Å². The third-order valence-electron chi connectivity index (χ3n) is 10.6. The van der Waals surface area contributed by atoms with Gasteiger partial charge in [-0.05, 0) is 55.0 Å². The van der Waals surface area contributed by atoms with E-state index >= 15 is 0 Å². The number of rotatable bonds is 11. The Hall–Kier alpha value is -2.95. The number of esters is 1. The van der Waals surface area contributed by atoms with Crippen molar-refractivity contribution >= 4 is 21.9 Å². The predicted octanol–water partition coefficient (Wildman–Crippen LogP) is 3.88. The van der Waals surface area contributed by atoms with Crippen molar-refractivity contribution in [1.29, 1.82) is 0 Å². The van der Waals surface area contributed by atoms with Gasteiger partial charge in [0.25, 0.3) is 0 Å². The van der Waals surface area contributed by atoms with Crippen LogP contribution in [0, 0.1) is 23.7 Å². The van der Waals surface area contributed by atoms with Gasteiger partial charge in [-0.15, -0.1) is 0 Å². The van der Waals surface area contributed by atoms with Gasteiger partial charge >= 0.3 is 11.9 Å². The highest BCUT2D eigenvalue weighted by Gasteiger charge is 2.56. The summed E-state index contributed by atoms with van der Waals surface area (Å²) in [4.78, 5) is 36.5. The summed E-state index contributed by atoms with van der Waals surface area (Å²) in [5.74, 6) is -1.24. The van der Waals surface area contributed by atoms with E-state index in [0.29, 0.717) is 43.5 Å². The first-order chi connectivity index (χ1) is 24.7. The summed E-state index contributed by atoms with van der Waals surface area (Å²) in [6, 6.07) is 13.8. The number of aliphatic hydroxyl groups excluding tert-OH is 1. The molecule has 1 aliphatic carbocycles. The Labute approximate surface area is 300 Å². The van der Waals surface area contributed by atoms with Gasteiger partial charge in [0.05, 0.1) is 51.5 Å². The zero-order valence-electron chi connectivity index (χ0n) is 29.4. The van der Waals surface area contributed by atoms with Crippen molar-refractivity contribution in [2.75, 3.05) is 47.1 Å². The molecule has 2 aromatic rings. The molecule has 3 heterocycles. The first-order valence-electron chi connectivity index (χ1n) is 18.0. The summed E-state index contributed by atoms with van der Waals surface area (Å²) in [6.07, 6.45) is 3.52. The molecule has 3 fully saturated rings. The van der Waals surface area contributed by atoms with E-state index in [2.05, 4.69) is 0 Å². The molecule has 7 atom stereocenters. The lowest BCUT2D eigenvalue weighted by atomic mass is 9.90. The van der Waals surface area contributed by atoms with Crippen LogP contribution in [-0.2, 0) is 56.5 Å². The number of carbonyl (C=O) groups is 2. The summed E-state index contributed by atoms with van der Waals surface area (Å²) in [7, 11) is -1.63. The van der Waals surface area contributed by atoms with Gasteiger partial charge in [0.1, 0.15) is 6.10 Å². The van der Waals surface area contributed by atoms with Crippen molar-refractivity contribution in [2.24, 2.45) is 23.7 Å². The second-order valence-corrected chi connectivity index (χ2v) is 15.9. The quantitative estimate of drug-likeness (QED) is 0.265. The number of ether oxygens (including phenoxy) is 4. The molecule has 2 bridgehead atoms.